The summed E-state index contributed by atoms with van der Waals surface area (Å²) in [6.07, 6.45) is 0.936. The van der Waals surface area contributed by atoms with Crippen molar-refractivity contribution in [3.05, 3.63) is 89.2 Å². The van der Waals surface area contributed by atoms with Crippen LogP contribution in [0.2, 0.25) is 5.02 Å². The Balaban J connectivity index is 1.71. The fourth-order valence-corrected chi connectivity index (χ4v) is 3.32. The quantitative estimate of drug-likeness (QED) is 0.442. The molecule has 0 radical (unpaired) electrons. The number of ether oxygens (including phenoxy) is 1. The number of methoxy groups -OCH3 is 1. The van der Waals surface area contributed by atoms with Crippen molar-refractivity contribution in [1.82, 2.24) is 14.8 Å². The standard InChI is InChI=1S/C24H21ClN4O2/c1-3-16-7-11-19(12-8-16)26-24(30)22-27-23(17-9-13-21(31-2)14-10-17)29(28-22)20-6-4-5-18(25)15-20/h4-15H,3H2,1-2H3,(H,26,30). The van der Waals surface area contributed by atoms with Crippen LogP contribution < -0.4 is 10.1 Å². The molecule has 0 spiro atoms. The second kappa shape index (κ2) is 9.02. The first-order valence-corrected chi connectivity index (χ1v) is 10.2. The van der Waals surface area contributed by atoms with Gasteiger partial charge in [0, 0.05) is 16.3 Å². The third-order valence-electron chi connectivity index (χ3n) is 4.83. The third-order valence-corrected chi connectivity index (χ3v) is 5.07. The topological polar surface area (TPSA) is 69.0 Å². The van der Waals surface area contributed by atoms with E-state index >= 15 is 0 Å². The maximum atomic E-state index is 12.9. The van der Waals surface area contributed by atoms with E-state index in [1.54, 1.807) is 23.9 Å². The van der Waals surface area contributed by atoms with Crippen molar-refractivity contribution >= 4 is 23.2 Å². The Morgan fingerprint density at radius 2 is 1.81 bits per heavy atom. The molecule has 7 heteroatoms. The van der Waals surface area contributed by atoms with Gasteiger partial charge in [-0.2, -0.15) is 0 Å². The fraction of sp³-hybridized carbons (Fsp3) is 0.125. The zero-order chi connectivity index (χ0) is 21.8. The van der Waals surface area contributed by atoms with Gasteiger partial charge in [-0.05, 0) is 66.6 Å². The summed E-state index contributed by atoms with van der Waals surface area (Å²) in [6.45, 7) is 2.08. The third kappa shape index (κ3) is 4.59. The lowest BCUT2D eigenvalue weighted by Gasteiger charge is -2.07. The van der Waals surface area contributed by atoms with Crippen LogP contribution >= 0.6 is 11.6 Å². The normalized spacial score (nSPS) is 10.7. The number of benzene rings is 3. The molecule has 1 amide bonds. The van der Waals surface area contributed by atoms with Crippen LogP contribution in [0, 0.1) is 0 Å². The predicted octanol–water partition coefficient (Wildman–Crippen LogP) is 5.41. The van der Waals surface area contributed by atoms with Crippen molar-refractivity contribution in [3.63, 3.8) is 0 Å². The summed E-state index contributed by atoms with van der Waals surface area (Å²) in [5, 5.41) is 7.90. The Labute approximate surface area is 185 Å². The van der Waals surface area contributed by atoms with E-state index in [9.17, 15) is 4.79 Å². The average Bonchev–Trinajstić information content (AvgIpc) is 3.25. The van der Waals surface area contributed by atoms with Crippen LogP contribution in [0.15, 0.2) is 72.8 Å². The predicted molar refractivity (Wildman–Crippen MR) is 122 cm³/mol. The number of nitrogens with one attached hydrogen (secondary N) is 1. The molecule has 6 nitrogen and oxygen atoms in total. The average molecular weight is 433 g/mol. The molecule has 4 rings (SSSR count). The molecule has 0 bridgehead atoms. The van der Waals surface area contributed by atoms with Crippen molar-refractivity contribution in [2.75, 3.05) is 12.4 Å². The lowest BCUT2D eigenvalue weighted by molar-refractivity contribution is 0.101. The highest BCUT2D eigenvalue weighted by atomic mass is 35.5. The molecule has 31 heavy (non-hydrogen) atoms. The molecule has 0 aliphatic heterocycles. The van der Waals surface area contributed by atoms with Crippen LogP contribution in [0.4, 0.5) is 5.69 Å². The maximum Gasteiger partial charge on any atom is 0.295 e. The number of hydrogen-bond acceptors (Lipinski definition) is 4. The molecule has 0 saturated heterocycles. The Morgan fingerprint density at radius 1 is 1.06 bits per heavy atom. The van der Waals surface area contributed by atoms with Gasteiger partial charge in [0.1, 0.15) is 5.75 Å². The zero-order valence-corrected chi connectivity index (χ0v) is 17.9. The SMILES string of the molecule is CCc1ccc(NC(=O)c2nc(-c3ccc(OC)cc3)n(-c3cccc(Cl)c3)n2)cc1. The van der Waals surface area contributed by atoms with Gasteiger partial charge in [0.25, 0.3) is 5.91 Å². The van der Waals surface area contributed by atoms with Gasteiger partial charge in [-0.1, -0.05) is 36.7 Å². The van der Waals surface area contributed by atoms with Gasteiger partial charge in [-0.15, -0.1) is 5.10 Å². The largest absolute Gasteiger partial charge is 0.497 e. The number of anilines is 1. The minimum atomic E-state index is -0.389. The van der Waals surface area contributed by atoms with E-state index in [1.165, 1.54) is 5.56 Å². The number of hydrogen-bond donors (Lipinski definition) is 1. The van der Waals surface area contributed by atoms with Crippen molar-refractivity contribution in [2.45, 2.75) is 13.3 Å². The van der Waals surface area contributed by atoms with Crippen LogP contribution in [0.5, 0.6) is 5.75 Å². The minimum Gasteiger partial charge on any atom is -0.497 e. The molecular formula is C24H21ClN4O2. The number of carbonyl (C=O) groups excluding carboxylic acids is 1. The van der Waals surface area contributed by atoms with Crippen LogP contribution in [-0.4, -0.2) is 27.8 Å². The number of carbonyl (C=O) groups is 1. The van der Waals surface area contributed by atoms with E-state index in [0.29, 0.717) is 22.2 Å². The molecule has 1 heterocycles. The molecule has 3 aromatic carbocycles. The first-order valence-electron chi connectivity index (χ1n) is 9.85. The second-order valence-electron chi connectivity index (χ2n) is 6.88. The Morgan fingerprint density at radius 3 is 2.45 bits per heavy atom. The summed E-state index contributed by atoms with van der Waals surface area (Å²) < 4.78 is 6.85. The van der Waals surface area contributed by atoms with E-state index in [2.05, 4.69) is 22.3 Å². The van der Waals surface area contributed by atoms with Crippen molar-refractivity contribution in [1.29, 1.82) is 0 Å². The van der Waals surface area contributed by atoms with Gasteiger partial charge in [0.2, 0.25) is 5.82 Å². The van der Waals surface area contributed by atoms with Gasteiger partial charge >= 0.3 is 0 Å². The number of amides is 1. The molecule has 0 unspecified atom stereocenters. The number of aryl methyl sites for hydroxylation is 1. The molecule has 0 atom stereocenters. The maximum absolute atomic E-state index is 12.9. The van der Waals surface area contributed by atoms with Gasteiger partial charge in [0.05, 0.1) is 12.8 Å². The number of halogens is 1. The molecule has 0 fully saturated rings. The van der Waals surface area contributed by atoms with E-state index in [0.717, 1.165) is 17.7 Å². The number of rotatable bonds is 6. The van der Waals surface area contributed by atoms with Crippen molar-refractivity contribution in [2.24, 2.45) is 0 Å². The van der Waals surface area contributed by atoms with Crippen LogP contribution in [0.1, 0.15) is 23.1 Å². The highest BCUT2D eigenvalue weighted by Gasteiger charge is 2.19. The minimum absolute atomic E-state index is 0.0605. The molecule has 156 valence electrons. The molecule has 1 aromatic heterocycles. The van der Waals surface area contributed by atoms with E-state index < -0.39 is 0 Å². The van der Waals surface area contributed by atoms with E-state index in [-0.39, 0.29) is 11.7 Å². The highest BCUT2D eigenvalue weighted by molar-refractivity contribution is 6.30. The molecule has 0 aliphatic rings. The van der Waals surface area contributed by atoms with Gasteiger partial charge in [0.15, 0.2) is 5.82 Å². The van der Waals surface area contributed by atoms with Crippen LogP contribution in [0.3, 0.4) is 0 Å². The summed E-state index contributed by atoms with van der Waals surface area (Å²) in [6, 6.07) is 22.4. The second-order valence-corrected chi connectivity index (χ2v) is 7.32. The number of aromatic nitrogens is 3. The summed E-state index contributed by atoms with van der Waals surface area (Å²) in [7, 11) is 1.61. The summed E-state index contributed by atoms with van der Waals surface area (Å²) in [5.41, 5.74) is 3.38. The lowest BCUT2D eigenvalue weighted by Crippen LogP contribution is -2.14. The van der Waals surface area contributed by atoms with Gasteiger partial charge in [-0.3, -0.25) is 4.79 Å². The van der Waals surface area contributed by atoms with Crippen LogP contribution in [0.25, 0.3) is 17.1 Å². The van der Waals surface area contributed by atoms with Crippen molar-refractivity contribution in [3.8, 4) is 22.8 Å². The Hall–Kier alpha value is -3.64. The fourth-order valence-electron chi connectivity index (χ4n) is 3.13. The Kier molecular flexibility index (Phi) is 6.00. The molecule has 0 aliphatic carbocycles. The van der Waals surface area contributed by atoms with Crippen molar-refractivity contribution < 1.29 is 9.53 Å². The monoisotopic (exact) mass is 432 g/mol. The molecule has 0 saturated carbocycles. The summed E-state index contributed by atoms with van der Waals surface area (Å²) >= 11 is 6.18. The summed E-state index contributed by atoms with van der Waals surface area (Å²) in [4.78, 5) is 17.4. The van der Waals surface area contributed by atoms with E-state index in [1.807, 2.05) is 60.7 Å². The zero-order valence-electron chi connectivity index (χ0n) is 17.2. The highest BCUT2D eigenvalue weighted by Crippen LogP contribution is 2.25. The number of nitrogens with zero attached hydrogens (tertiary/aromatic N) is 3. The first kappa shape index (κ1) is 20.6. The van der Waals surface area contributed by atoms with Crippen LogP contribution in [-0.2, 0) is 6.42 Å². The summed E-state index contributed by atoms with van der Waals surface area (Å²) in [5.74, 6) is 0.924. The van der Waals surface area contributed by atoms with E-state index in [4.69, 9.17) is 16.3 Å². The first-order chi connectivity index (χ1) is 15.1. The van der Waals surface area contributed by atoms with Gasteiger partial charge < -0.3 is 10.1 Å². The molecular weight excluding hydrogens is 412 g/mol. The Bertz CT molecular complexity index is 1200. The molecule has 4 aromatic rings. The molecule has 1 N–H and O–H groups in total. The smallest absolute Gasteiger partial charge is 0.295 e. The lowest BCUT2D eigenvalue weighted by atomic mass is 10.1. The van der Waals surface area contributed by atoms with Gasteiger partial charge in [-0.25, -0.2) is 9.67 Å².